The quantitative estimate of drug-likeness (QED) is 0.664. The Labute approximate surface area is 134 Å². The van der Waals surface area contributed by atoms with Gasteiger partial charge in [-0.25, -0.2) is 4.99 Å². The van der Waals surface area contributed by atoms with Gasteiger partial charge in [0.1, 0.15) is 0 Å². The van der Waals surface area contributed by atoms with Crippen LogP contribution in [0.2, 0.25) is 0 Å². The average Bonchev–Trinajstić information content (AvgIpc) is 2.70. The molecule has 2 atom stereocenters. The van der Waals surface area contributed by atoms with Crippen LogP contribution in [0.3, 0.4) is 0 Å². The molecule has 1 aliphatic carbocycles. The average molecular weight is 305 g/mol. The summed E-state index contributed by atoms with van der Waals surface area (Å²) in [6, 6.07) is 0.553. The first kappa shape index (κ1) is 16.8. The molecule has 0 amide bonds. The summed E-state index contributed by atoms with van der Waals surface area (Å²) >= 11 is 0. The van der Waals surface area contributed by atoms with E-state index in [-0.39, 0.29) is 0 Å². The maximum absolute atomic E-state index is 4.78. The van der Waals surface area contributed by atoms with Crippen LogP contribution < -0.4 is 10.6 Å². The van der Waals surface area contributed by atoms with Gasteiger partial charge in [-0.1, -0.05) is 19.8 Å². The lowest BCUT2D eigenvalue weighted by Crippen LogP contribution is -2.45. The molecule has 1 heterocycles. The Kier molecular flexibility index (Phi) is 5.86. The largest absolute Gasteiger partial charge is 0.357 e. The fourth-order valence-corrected chi connectivity index (χ4v) is 3.28. The van der Waals surface area contributed by atoms with Crippen LogP contribution in [0.15, 0.2) is 4.99 Å². The van der Waals surface area contributed by atoms with E-state index in [0.29, 0.717) is 12.6 Å². The molecule has 1 aromatic rings. The molecule has 5 heteroatoms. The fourth-order valence-electron chi connectivity index (χ4n) is 3.28. The highest BCUT2D eigenvalue weighted by atomic mass is 15.3. The molecule has 5 nitrogen and oxygen atoms in total. The second-order valence-corrected chi connectivity index (χ2v) is 6.58. The van der Waals surface area contributed by atoms with Crippen molar-refractivity contribution in [2.24, 2.45) is 18.0 Å². The zero-order valence-electron chi connectivity index (χ0n) is 14.7. The van der Waals surface area contributed by atoms with E-state index < -0.39 is 0 Å². The molecular weight excluding hydrogens is 274 g/mol. The van der Waals surface area contributed by atoms with Gasteiger partial charge in [-0.15, -0.1) is 0 Å². The monoisotopic (exact) mass is 305 g/mol. The van der Waals surface area contributed by atoms with Gasteiger partial charge in [0.25, 0.3) is 0 Å². The maximum Gasteiger partial charge on any atom is 0.191 e. The standard InChI is InChI=1S/C17H31N5/c1-6-18-17(20-15-9-7-8-12(2)10-15)19-11-16-13(3)21-22(5)14(16)4/h12,15H,6-11H2,1-5H3,(H2,18,19,20). The number of aliphatic imine (C=N–C) groups is 1. The SMILES string of the molecule is CCNC(=NCc1c(C)nn(C)c1C)NC1CCCC(C)C1. The zero-order chi connectivity index (χ0) is 16.1. The second-order valence-electron chi connectivity index (χ2n) is 6.58. The number of hydrogen-bond donors (Lipinski definition) is 2. The van der Waals surface area contributed by atoms with Gasteiger partial charge in [0.05, 0.1) is 12.2 Å². The van der Waals surface area contributed by atoms with E-state index in [2.05, 4.69) is 43.4 Å². The van der Waals surface area contributed by atoms with Crippen molar-refractivity contribution in [3.63, 3.8) is 0 Å². The molecule has 2 rings (SSSR count). The first-order chi connectivity index (χ1) is 10.5. The third kappa shape index (κ3) is 4.24. The van der Waals surface area contributed by atoms with Crippen LogP contribution in [0.25, 0.3) is 0 Å². The first-order valence-corrected chi connectivity index (χ1v) is 8.55. The van der Waals surface area contributed by atoms with E-state index in [0.717, 1.165) is 24.1 Å². The molecule has 0 bridgehead atoms. The number of rotatable bonds is 4. The zero-order valence-corrected chi connectivity index (χ0v) is 14.7. The van der Waals surface area contributed by atoms with E-state index >= 15 is 0 Å². The Morgan fingerprint density at radius 1 is 1.36 bits per heavy atom. The van der Waals surface area contributed by atoms with Gasteiger partial charge < -0.3 is 10.6 Å². The minimum atomic E-state index is 0.553. The van der Waals surface area contributed by atoms with Gasteiger partial charge in [0.15, 0.2) is 5.96 Å². The molecule has 0 aliphatic heterocycles. The fraction of sp³-hybridized carbons (Fsp3) is 0.765. The summed E-state index contributed by atoms with van der Waals surface area (Å²) in [5, 5.41) is 11.5. The van der Waals surface area contributed by atoms with E-state index in [4.69, 9.17) is 4.99 Å². The Morgan fingerprint density at radius 3 is 2.73 bits per heavy atom. The number of aromatic nitrogens is 2. The van der Waals surface area contributed by atoms with Gasteiger partial charge >= 0.3 is 0 Å². The molecule has 1 aromatic heterocycles. The van der Waals surface area contributed by atoms with Crippen molar-refractivity contribution in [2.75, 3.05) is 6.54 Å². The number of hydrogen-bond acceptors (Lipinski definition) is 2. The van der Waals surface area contributed by atoms with Crippen LogP contribution in [0, 0.1) is 19.8 Å². The molecule has 2 unspecified atom stereocenters. The minimum absolute atomic E-state index is 0.553. The number of nitrogens with zero attached hydrogens (tertiary/aromatic N) is 3. The normalized spacial score (nSPS) is 22.7. The summed E-state index contributed by atoms with van der Waals surface area (Å²) in [7, 11) is 1.99. The Bertz CT molecular complexity index is 517. The van der Waals surface area contributed by atoms with Crippen LogP contribution >= 0.6 is 0 Å². The molecule has 1 fully saturated rings. The van der Waals surface area contributed by atoms with Crippen LogP contribution in [0.5, 0.6) is 0 Å². The van der Waals surface area contributed by atoms with Crippen LogP contribution in [0.4, 0.5) is 0 Å². The molecule has 0 radical (unpaired) electrons. The molecule has 0 saturated heterocycles. The van der Waals surface area contributed by atoms with Crippen LogP contribution in [0.1, 0.15) is 56.5 Å². The first-order valence-electron chi connectivity index (χ1n) is 8.55. The lowest BCUT2D eigenvalue weighted by atomic mass is 9.87. The van der Waals surface area contributed by atoms with Crippen molar-refractivity contribution in [1.82, 2.24) is 20.4 Å². The lowest BCUT2D eigenvalue weighted by Gasteiger charge is -2.28. The third-order valence-corrected chi connectivity index (χ3v) is 4.68. The van der Waals surface area contributed by atoms with E-state index in [1.54, 1.807) is 0 Å². The van der Waals surface area contributed by atoms with Crippen molar-refractivity contribution in [3.05, 3.63) is 17.0 Å². The van der Waals surface area contributed by atoms with Crippen molar-refractivity contribution >= 4 is 5.96 Å². The van der Waals surface area contributed by atoms with Crippen molar-refractivity contribution in [2.45, 2.75) is 66.0 Å². The van der Waals surface area contributed by atoms with E-state index in [1.165, 1.54) is 36.9 Å². The van der Waals surface area contributed by atoms with E-state index in [9.17, 15) is 0 Å². The van der Waals surface area contributed by atoms with Gasteiger partial charge in [-0.05, 0) is 39.5 Å². The topological polar surface area (TPSA) is 54.2 Å². The highest BCUT2D eigenvalue weighted by Crippen LogP contribution is 2.23. The summed E-state index contributed by atoms with van der Waals surface area (Å²) in [5.74, 6) is 1.75. The molecular formula is C17H31N5. The lowest BCUT2D eigenvalue weighted by molar-refractivity contribution is 0.324. The predicted molar refractivity (Wildman–Crippen MR) is 92.1 cm³/mol. The summed E-state index contributed by atoms with van der Waals surface area (Å²) < 4.78 is 1.93. The summed E-state index contributed by atoms with van der Waals surface area (Å²) in [6.45, 7) is 10.2. The number of aryl methyl sites for hydroxylation is 2. The molecule has 1 aliphatic rings. The van der Waals surface area contributed by atoms with Crippen LogP contribution in [-0.4, -0.2) is 28.3 Å². The van der Waals surface area contributed by atoms with Crippen molar-refractivity contribution in [1.29, 1.82) is 0 Å². The minimum Gasteiger partial charge on any atom is -0.357 e. The summed E-state index contributed by atoms with van der Waals surface area (Å²) in [5.41, 5.74) is 3.51. The number of guanidine groups is 1. The maximum atomic E-state index is 4.78. The second kappa shape index (κ2) is 7.65. The highest BCUT2D eigenvalue weighted by molar-refractivity contribution is 5.80. The molecule has 2 N–H and O–H groups in total. The summed E-state index contributed by atoms with van der Waals surface area (Å²) in [6.07, 6.45) is 5.17. The van der Waals surface area contributed by atoms with Gasteiger partial charge in [0, 0.05) is 30.9 Å². The number of nitrogens with one attached hydrogen (secondary N) is 2. The van der Waals surface area contributed by atoms with Crippen LogP contribution in [-0.2, 0) is 13.6 Å². The van der Waals surface area contributed by atoms with Crippen molar-refractivity contribution in [3.8, 4) is 0 Å². The molecule has 0 aromatic carbocycles. The molecule has 124 valence electrons. The van der Waals surface area contributed by atoms with Gasteiger partial charge in [-0.2, -0.15) is 5.10 Å². The van der Waals surface area contributed by atoms with Gasteiger partial charge in [-0.3, -0.25) is 4.68 Å². The van der Waals surface area contributed by atoms with Gasteiger partial charge in [0.2, 0.25) is 0 Å². The highest BCUT2D eigenvalue weighted by Gasteiger charge is 2.19. The Balaban J connectivity index is 2.03. The Morgan fingerprint density at radius 2 is 2.14 bits per heavy atom. The molecule has 0 spiro atoms. The van der Waals surface area contributed by atoms with E-state index in [1.807, 2.05) is 11.7 Å². The van der Waals surface area contributed by atoms with Crippen molar-refractivity contribution < 1.29 is 0 Å². The third-order valence-electron chi connectivity index (χ3n) is 4.68. The molecule has 22 heavy (non-hydrogen) atoms. The smallest absolute Gasteiger partial charge is 0.191 e. The Hall–Kier alpha value is -1.52. The summed E-state index contributed by atoms with van der Waals surface area (Å²) in [4.78, 5) is 4.78. The molecule has 1 saturated carbocycles. The predicted octanol–water partition coefficient (Wildman–Crippen LogP) is 2.67.